The number of hydrogen-bond donors (Lipinski definition) is 0. The third-order valence-electron chi connectivity index (χ3n) is 3.53. The second-order valence-corrected chi connectivity index (χ2v) is 11.4. The van der Waals surface area contributed by atoms with Crippen molar-refractivity contribution in [2.24, 2.45) is 0 Å². The SMILES string of the molecule is CCCCCCCCOc1ccc([I+]c2ccccc2)cc1.F[P-](F)(F)(F)(F)F. The molecule has 2 aromatic rings. The van der Waals surface area contributed by atoms with Gasteiger partial charge in [0.2, 0.25) is 0 Å². The molecular formula is C20H26F6IOP. The van der Waals surface area contributed by atoms with Gasteiger partial charge in [0.15, 0.2) is 7.14 Å². The standard InChI is InChI=1S/C20H26IO.F6P/c1-2-3-4-5-6-10-17-22-20-15-13-19(14-16-20)21-18-11-8-7-9-12-18;1-7(2,3,4,5)6/h7-9,11-16H,2-6,10,17H2,1H3;/q+1;-1. The van der Waals surface area contributed by atoms with E-state index in [1.165, 1.54) is 45.7 Å². The molecule has 0 saturated carbocycles. The summed E-state index contributed by atoms with van der Waals surface area (Å²) < 4.78 is 67.9. The Morgan fingerprint density at radius 1 is 0.690 bits per heavy atom. The summed E-state index contributed by atoms with van der Waals surface area (Å²) in [5.41, 5.74) is 0. The molecule has 0 aromatic heterocycles. The summed E-state index contributed by atoms with van der Waals surface area (Å²) in [6.45, 7) is 3.10. The third kappa shape index (κ3) is 18.7. The number of benzene rings is 2. The zero-order valence-electron chi connectivity index (χ0n) is 16.1. The topological polar surface area (TPSA) is 9.23 Å². The van der Waals surface area contributed by atoms with E-state index in [4.69, 9.17) is 4.74 Å². The van der Waals surface area contributed by atoms with E-state index in [9.17, 15) is 25.2 Å². The van der Waals surface area contributed by atoms with Crippen molar-refractivity contribution in [3.05, 3.63) is 61.7 Å². The van der Waals surface area contributed by atoms with Gasteiger partial charge in [0.05, 0.1) is 6.61 Å². The molecule has 0 spiro atoms. The van der Waals surface area contributed by atoms with Crippen molar-refractivity contribution in [1.29, 1.82) is 0 Å². The normalized spacial score (nSPS) is 13.6. The molecule has 2 rings (SSSR count). The number of hydrogen-bond acceptors (Lipinski definition) is 1. The molecule has 9 heteroatoms. The van der Waals surface area contributed by atoms with Gasteiger partial charge in [0.25, 0.3) is 0 Å². The zero-order chi connectivity index (χ0) is 21.9. The molecule has 0 amide bonds. The Morgan fingerprint density at radius 3 is 1.72 bits per heavy atom. The summed E-state index contributed by atoms with van der Waals surface area (Å²) in [5, 5.41) is 0. The summed E-state index contributed by atoms with van der Waals surface area (Å²) in [6, 6.07) is 19.4. The van der Waals surface area contributed by atoms with Crippen LogP contribution in [-0.2, 0) is 0 Å². The van der Waals surface area contributed by atoms with Crippen LogP contribution in [-0.4, -0.2) is 6.61 Å². The molecule has 2 aromatic carbocycles. The fourth-order valence-corrected chi connectivity index (χ4v) is 4.48. The molecule has 1 nitrogen and oxygen atoms in total. The van der Waals surface area contributed by atoms with Crippen LogP contribution in [0, 0.1) is 7.14 Å². The molecule has 0 fully saturated rings. The van der Waals surface area contributed by atoms with Crippen molar-refractivity contribution in [3.8, 4) is 5.75 Å². The Balaban J connectivity index is 0.000000516. The van der Waals surface area contributed by atoms with Crippen LogP contribution in [0.2, 0.25) is 0 Å². The van der Waals surface area contributed by atoms with Crippen LogP contribution in [0.3, 0.4) is 0 Å². The molecule has 0 N–H and O–H groups in total. The Labute approximate surface area is 178 Å². The molecule has 0 radical (unpaired) electrons. The van der Waals surface area contributed by atoms with Gasteiger partial charge in [0, 0.05) is 0 Å². The first kappa shape index (κ1) is 26.0. The number of unbranched alkanes of at least 4 members (excludes halogenated alkanes) is 5. The quantitative estimate of drug-likeness (QED) is 0.153. The van der Waals surface area contributed by atoms with Crippen molar-refractivity contribution >= 4 is 7.81 Å². The average Bonchev–Trinajstić information content (AvgIpc) is 2.61. The maximum absolute atomic E-state index is 10.7. The fraction of sp³-hybridized carbons (Fsp3) is 0.400. The molecule has 166 valence electrons. The van der Waals surface area contributed by atoms with Gasteiger partial charge in [-0.2, -0.15) is 0 Å². The van der Waals surface area contributed by atoms with Gasteiger partial charge >= 0.3 is 54.2 Å². The van der Waals surface area contributed by atoms with Gasteiger partial charge < -0.3 is 4.74 Å². The number of rotatable bonds is 10. The van der Waals surface area contributed by atoms with E-state index in [2.05, 4.69) is 61.5 Å². The van der Waals surface area contributed by atoms with Crippen molar-refractivity contribution in [3.63, 3.8) is 0 Å². The third-order valence-corrected chi connectivity index (χ3v) is 6.22. The average molecular weight is 554 g/mol. The van der Waals surface area contributed by atoms with E-state index < -0.39 is 7.81 Å². The first-order valence-electron chi connectivity index (χ1n) is 9.32. The molecule has 0 saturated heterocycles. The Hall–Kier alpha value is -1.02. The van der Waals surface area contributed by atoms with E-state index in [-0.39, 0.29) is 21.2 Å². The van der Waals surface area contributed by atoms with Crippen LogP contribution in [0.5, 0.6) is 5.75 Å². The van der Waals surface area contributed by atoms with Crippen LogP contribution >= 0.6 is 7.81 Å². The Morgan fingerprint density at radius 2 is 1.17 bits per heavy atom. The monoisotopic (exact) mass is 554 g/mol. The molecule has 0 atom stereocenters. The first-order chi connectivity index (χ1) is 13.3. The van der Waals surface area contributed by atoms with E-state index >= 15 is 0 Å². The number of ether oxygens (including phenoxy) is 1. The van der Waals surface area contributed by atoms with Gasteiger partial charge in [-0.3, -0.25) is 0 Å². The van der Waals surface area contributed by atoms with Crippen molar-refractivity contribution < 1.29 is 51.1 Å². The van der Waals surface area contributed by atoms with Crippen LogP contribution in [0.1, 0.15) is 45.4 Å². The van der Waals surface area contributed by atoms with Crippen molar-refractivity contribution in [1.82, 2.24) is 0 Å². The predicted molar refractivity (Wildman–Crippen MR) is 103 cm³/mol. The van der Waals surface area contributed by atoms with E-state index in [0.29, 0.717) is 0 Å². The van der Waals surface area contributed by atoms with Crippen LogP contribution in [0.25, 0.3) is 0 Å². The Bertz CT molecular complexity index is 694. The summed E-state index contributed by atoms with van der Waals surface area (Å²) in [4.78, 5) is 0. The molecule has 0 aliphatic heterocycles. The molecule has 0 bridgehead atoms. The van der Waals surface area contributed by atoms with Gasteiger partial charge in [0.1, 0.15) is 5.75 Å². The van der Waals surface area contributed by atoms with Gasteiger partial charge in [-0.1, -0.05) is 57.2 Å². The minimum atomic E-state index is -10.7. The maximum atomic E-state index is 9.87. The van der Waals surface area contributed by atoms with Gasteiger partial charge in [-0.15, -0.1) is 0 Å². The first-order valence-corrected chi connectivity index (χ1v) is 13.5. The second kappa shape index (κ2) is 10.8. The van der Waals surface area contributed by atoms with E-state index in [0.717, 1.165) is 12.4 Å². The molecule has 0 aliphatic rings. The van der Waals surface area contributed by atoms with Crippen molar-refractivity contribution in [2.45, 2.75) is 45.4 Å². The van der Waals surface area contributed by atoms with Gasteiger partial charge in [-0.05, 0) is 42.8 Å². The molecular weight excluding hydrogens is 528 g/mol. The summed E-state index contributed by atoms with van der Waals surface area (Å²) in [6.07, 6.45) is 7.85. The van der Waals surface area contributed by atoms with Crippen LogP contribution < -0.4 is 25.9 Å². The number of halogens is 7. The van der Waals surface area contributed by atoms with Crippen LogP contribution in [0.15, 0.2) is 54.6 Å². The van der Waals surface area contributed by atoms with Gasteiger partial charge in [-0.25, -0.2) is 0 Å². The summed E-state index contributed by atoms with van der Waals surface area (Å²) in [7, 11) is -10.7. The fourth-order valence-electron chi connectivity index (χ4n) is 2.27. The van der Waals surface area contributed by atoms with E-state index in [1.807, 2.05) is 0 Å². The minimum absolute atomic E-state index is 0.0655. The Kier molecular flexibility index (Phi) is 9.73. The van der Waals surface area contributed by atoms with E-state index in [1.54, 1.807) is 0 Å². The second-order valence-electron chi connectivity index (χ2n) is 6.42. The molecule has 0 aliphatic carbocycles. The zero-order valence-corrected chi connectivity index (χ0v) is 19.2. The molecule has 0 heterocycles. The summed E-state index contributed by atoms with van der Waals surface area (Å²) in [5.74, 6) is 1.01. The van der Waals surface area contributed by atoms with Crippen molar-refractivity contribution in [2.75, 3.05) is 6.61 Å². The molecule has 29 heavy (non-hydrogen) atoms. The molecule has 0 unspecified atom stereocenters. The van der Waals surface area contributed by atoms with Crippen LogP contribution in [0.4, 0.5) is 25.2 Å². The predicted octanol–water partition coefficient (Wildman–Crippen LogP) is 5.94. The summed E-state index contributed by atoms with van der Waals surface area (Å²) >= 11 is -0.0655.